The van der Waals surface area contributed by atoms with Gasteiger partial charge < -0.3 is 14.4 Å². The minimum absolute atomic E-state index is 0.880. The van der Waals surface area contributed by atoms with Crippen molar-refractivity contribution in [1.29, 1.82) is 0 Å². The molecule has 3 aromatic rings. The molecule has 0 aliphatic rings. The van der Waals surface area contributed by atoms with E-state index in [1.165, 1.54) is 65.3 Å². The van der Waals surface area contributed by atoms with Crippen LogP contribution in [0.4, 0.5) is 11.4 Å². The number of anilines is 2. The van der Waals surface area contributed by atoms with Gasteiger partial charge >= 0.3 is 0 Å². The van der Waals surface area contributed by atoms with E-state index in [1.54, 1.807) is 0 Å². The lowest BCUT2D eigenvalue weighted by Gasteiger charge is -2.19. The lowest BCUT2D eigenvalue weighted by molar-refractivity contribution is -0.443. The predicted molar refractivity (Wildman–Crippen MR) is 207 cm³/mol. The van der Waals surface area contributed by atoms with Crippen molar-refractivity contribution in [3.63, 3.8) is 0 Å². The number of rotatable bonds is 21. The van der Waals surface area contributed by atoms with Gasteiger partial charge in [0, 0.05) is 75.1 Å². The van der Waals surface area contributed by atoms with Crippen LogP contribution in [0.3, 0.4) is 0 Å². The van der Waals surface area contributed by atoms with Crippen molar-refractivity contribution in [3.8, 4) is 0 Å². The monoisotopic (exact) mass is 641 g/mol. The highest BCUT2D eigenvalue weighted by Crippen LogP contribution is 2.25. The summed E-state index contributed by atoms with van der Waals surface area (Å²) in [4.78, 5) is 4.72. The van der Waals surface area contributed by atoms with Crippen molar-refractivity contribution in [1.82, 2.24) is 4.57 Å². The molecule has 1 heterocycles. The summed E-state index contributed by atoms with van der Waals surface area (Å²) in [5, 5.41) is 0. The zero-order chi connectivity index (χ0) is 32.3. The summed E-state index contributed by atoms with van der Waals surface area (Å²) in [7, 11) is 8.45. The summed E-state index contributed by atoms with van der Waals surface area (Å²) in [6.45, 7) is 16.3. The number of hydrogen-bond acceptors (Lipinski definition) is 4. The zero-order valence-electron chi connectivity index (χ0n) is 27.9. The average Bonchev–Trinajstić information content (AvgIpc) is 3.54. The van der Waals surface area contributed by atoms with Gasteiger partial charge in [-0.25, -0.2) is 4.58 Å². The normalized spacial score (nSPS) is 11.6. The Hall–Kier alpha value is -3.35. The first-order chi connectivity index (χ1) is 21.9. The Morgan fingerprint density at radius 2 is 1.27 bits per heavy atom. The van der Waals surface area contributed by atoms with Crippen LogP contribution in [0.25, 0.3) is 18.2 Å². The molecule has 6 heteroatoms. The third kappa shape index (κ3) is 14.1. The third-order valence-corrected chi connectivity index (χ3v) is 10.3. The van der Waals surface area contributed by atoms with Crippen LogP contribution >= 0.6 is 21.6 Å². The average molecular weight is 642 g/mol. The minimum atomic E-state index is 0.880. The van der Waals surface area contributed by atoms with E-state index >= 15 is 0 Å². The molecule has 3 rings (SSSR count). The number of unbranched alkanes of at least 4 members (excludes halogenated alkanes) is 2. The van der Waals surface area contributed by atoms with Crippen LogP contribution in [0.5, 0.6) is 0 Å². The van der Waals surface area contributed by atoms with E-state index in [0.29, 0.717) is 0 Å². The van der Waals surface area contributed by atoms with E-state index in [4.69, 9.17) is 0 Å². The summed E-state index contributed by atoms with van der Waals surface area (Å²) in [6, 6.07) is 19.8. The Balaban J connectivity index is 1.21. The van der Waals surface area contributed by atoms with Gasteiger partial charge in [0.1, 0.15) is 13.3 Å². The lowest BCUT2D eigenvalue weighted by atomic mass is 10.1. The number of allylic oxidation sites excluding steroid dienone is 3. The van der Waals surface area contributed by atoms with Gasteiger partial charge in [-0.2, -0.15) is 0 Å². The molecule has 240 valence electrons. The van der Waals surface area contributed by atoms with Gasteiger partial charge in [-0.15, -0.1) is 0 Å². The number of aryl methyl sites for hydroxylation is 1. The molecule has 0 aliphatic heterocycles. The van der Waals surface area contributed by atoms with Crippen LogP contribution in [0.15, 0.2) is 97.5 Å². The topological polar surface area (TPSA) is 14.4 Å². The fraction of sp³-hybridized carbons (Fsp3) is 0.359. The molecular formula is C39H53N4S2+. The highest BCUT2D eigenvalue weighted by molar-refractivity contribution is 8.76. The van der Waals surface area contributed by atoms with Crippen LogP contribution in [0.1, 0.15) is 56.2 Å². The van der Waals surface area contributed by atoms with Crippen LogP contribution < -0.4 is 9.80 Å². The molecule has 0 saturated carbocycles. The fourth-order valence-corrected chi connectivity index (χ4v) is 6.88. The maximum absolute atomic E-state index is 4.08. The van der Waals surface area contributed by atoms with Gasteiger partial charge in [-0.1, -0.05) is 76.7 Å². The Morgan fingerprint density at radius 3 is 1.78 bits per heavy atom. The predicted octanol–water partition coefficient (Wildman–Crippen LogP) is 10.0. The summed E-state index contributed by atoms with van der Waals surface area (Å²) < 4.78 is 4.08. The SMILES string of the molecule is C=C(/C=C\[N+](=C)CC)/C=C/c1ccc(N(C)CCCCSSCCCCN(C)c2ccc(/C=C/c3ccn(CC)c3)cc2)cc1. The molecule has 0 N–H and O–H groups in total. The number of nitrogens with zero attached hydrogens (tertiary/aromatic N) is 4. The molecule has 0 fully saturated rings. The van der Waals surface area contributed by atoms with Gasteiger partial charge in [0.2, 0.25) is 0 Å². The Kier molecular flexibility index (Phi) is 16.6. The van der Waals surface area contributed by atoms with Crippen LogP contribution in [-0.2, 0) is 6.54 Å². The highest BCUT2D eigenvalue weighted by Gasteiger charge is 2.03. The van der Waals surface area contributed by atoms with E-state index in [1.807, 2.05) is 44.5 Å². The van der Waals surface area contributed by atoms with Crippen LogP contribution in [-0.4, -0.2) is 61.1 Å². The van der Waals surface area contributed by atoms with E-state index in [9.17, 15) is 0 Å². The molecular weight excluding hydrogens is 589 g/mol. The second-order valence-electron chi connectivity index (χ2n) is 11.3. The highest BCUT2D eigenvalue weighted by atomic mass is 33.1. The Labute approximate surface area is 281 Å². The van der Waals surface area contributed by atoms with Gasteiger partial charge in [0.25, 0.3) is 0 Å². The largest absolute Gasteiger partial charge is 0.375 e. The first-order valence-electron chi connectivity index (χ1n) is 16.2. The third-order valence-electron chi connectivity index (χ3n) is 7.70. The summed E-state index contributed by atoms with van der Waals surface area (Å²) in [5.41, 5.74) is 7.17. The number of aromatic nitrogens is 1. The minimum Gasteiger partial charge on any atom is -0.375 e. The molecule has 0 bridgehead atoms. The molecule has 1 aromatic heterocycles. The van der Waals surface area contributed by atoms with Crippen LogP contribution in [0.2, 0.25) is 0 Å². The van der Waals surface area contributed by atoms with E-state index in [2.05, 4.69) is 141 Å². The van der Waals surface area contributed by atoms with E-state index < -0.39 is 0 Å². The first kappa shape index (κ1) is 36.1. The molecule has 0 atom stereocenters. The van der Waals surface area contributed by atoms with E-state index in [0.717, 1.165) is 31.8 Å². The first-order valence-corrected chi connectivity index (χ1v) is 18.7. The molecule has 0 aliphatic carbocycles. The maximum atomic E-state index is 4.08. The lowest BCUT2D eigenvalue weighted by Crippen LogP contribution is -2.18. The molecule has 0 spiro atoms. The molecule has 0 radical (unpaired) electrons. The van der Waals surface area contributed by atoms with Gasteiger partial charge in [0.05, 0.1) is 0 Å². The quantitative estimate of drug-likeness (QED) is 0.0378. The summed E-state index contributed by atoms with van der Waals surface area (Å²) in [5.74, 6) is 2.44. The second kappa shape index (κ2) is 20.6. The van der Waals surface area contributed by atoms with Gasteiger partial charge in [-0.3, -0.25) is 0 Å². The molecule has 0 saturated heterocycles. The van der Waals surface area contributed by atoms with Crippen molar-refractivity contribution in [2.24, 2.45) is 0 Å². The summed E-state index contributed by atoms with van der Waals surface area (Å²) >= 11 is 0. The smallest absolute Gasteiger partial charge is 0.168 e. The fourth-order valence-electron chi connectivity index (χ4n) is 4.59. The maximum Gasteiger partial charge on any atom is 0.168 e. The van der Waals surface area contributed by atoms with E-state index in [-0.39, 0.29) is 0 Å². The van der Waals surface area contributed by atoms with Crippen molar-refractivity contribution >= 4 is 57.9 Å². The molecule has 4 nitrogen and oxygen atoms in total. The van der Waals surface area contributed by atoms with Crippen molar-refractivity contribution < 1.29 is 4.58 Å². The Morgan fingerprint density at radius 1 is 0.733 bits per heavy atom. The van der Waals surface area contributed by atoms with Gasteiger partial charge in [0.15, 0.2) is 6.20 Å². The number of hydrogen-bond donors (Lipinski definition) is 0. The van der Waals surface area contributed by atoms with Crippen molar-refractivity contribution in [3.05, 3.63) is 114 Å². The van der Waals surface area contributed by atoms with Gasteiger partial charge in [-0.05, 0) is 92.1 Å². The van der Waals surface area contributed by atoms with Crippen molar-refractivity contribution in [2.75, 3.05) is 55.0 Å². The zero-order valence-corrected chi connectivity index (χ0v) is 29.5. The van der Waals surface area contributed by atoms with Crippen molar-refractivity contribution in [2.45, 2.75) is 46.1 Å². The molecule has 2 aromatic carbocycles. The molecule has 0 unspecified atom stereocenters. The second-order valence-corrected chi connectivity index (χ2v) is 14.0. The standard InChI is InChI=1S/C39H53N4S2/c1-7-40(4)29-25-34(3)13-14-35-17-21-38(22-18-35)41(5)27-9-11-31-44-45-32-12-10-28-42(6)39-23-19-36(20-24-39)15-16-37-26-30-43(8-2)33-37/h13-26,29-30,33H,3-4,7-12,27-28,31-32H2,1-2,5-6H3/q+1/b14-13+,16-15+,29-25-. The number of benzene rings is 2. The summed E-state index contributed by atoms with van der Waals surface area (Å²) in [6.07, 6.45) is 21.7. The van der Waals surface area contributed by atoms with Crippen LogP contribution in [0, 0.1) is 0 Å². The molecule has 45 heavy (non-hydrogen) atoms. The molecule has 0 amide bonds. The Bertz CT molecular complexity index is 1380.